The molecule has 0 saturated carbocycles. The number of nitrogens with one attached hydrogen (secondary N) is 1. The highest BCUT2D eigenvalue weighted by atomic mass is 32.1. The highest BCUT2D eigenvalue weighted by Gasteiger charge is 2.07. The van der Waals surface area contributed by atoms with Gasteiger partial charge in [-0.15, -0.1) is 11.3 Å². The number of hydrogen-bond donors (Lipinski definition) is 1. The van der Waals surface area contributed by atoms with Crippen LogP contribution >= 0.6 is 23.6 Å². The normalized spacial score (nSPS) is 11.2. The summed E-state index contributed by atoms with van der Waals surface area (Å²) in [5, 5.41) is 1.02. The number of benzene rings is 1. The zero-order chi connectivity index (χ0) is 12.7. The third-order valence-electron chi connectivity index (χ3n) is 2.72. The van der Waals surface area contributed by atoms with Gasteiger partial charge in [0, 0.05) is 11.1 Å². The number of aromatic nitrogens is 3. The molecule has 0 aliphatic heterocycles. The average molecular weight is 279 g/mol. The monoisotopic (exact) mass is 279 g/mol. The number of fused-ring (bicyclic) bond motifs is 1. The van der Waals surface area contributed by atoms with E-state index in [-0.39, 0.29) is 5.82 Å². The number of thiazole rings is 1. The molecule has 0 radical (unpaired) electrons. The molecule has 3 nitrogen and oxygen atoms in total. The van der Waals surface area contributed by atoms with Gasteiger partial charge in [-0.1, -0.05) is 0 Å². The van der Waals surface area contributed by atoms with Gasteiger partial charge < -0.3 is 9.55 Å². The minimum Gasteiger partial charge on any atom is -0.331 e. The molecule has 0 fully saturated rings. The van der Waals surface area contributed by atoms with E-state index in [1.54, 1.807) is 17.4 Å². The van der Waals surface area contributed by atoms with Crippen molar-refractivity contribution in [3.05, 3.63) is 44.9 Å². The van der Waals surface area contributed by atoms with Gasteiger partial charge in [-0.05, 0) is 37.3 Å². The van der Waals surface area contributed by atoms with E-state index < -0.39 is 0 Å². The third-order valence-corrected chi connectivity index (χ3v) is 3.94. The molecule has 0 aliphatic carbocycles. The smallest absolute Gasteiger partial charge is 0.178 e. The van der Waals surface area contributed by atoms with Crippen molar-refractivity contribution in [2.24, 2.45) is 0 Å². The molecule has 0 saturated heterocycles. The number of aryl methyl sites for hydroxylation is 1. The van der Waals surface area contributed by atoms with Gasteiger partial charge in [0.1, 0.15) is 5.82 Å². The van der Waals surface area contributed by atoms with Crippen LogP contribution in [0.2, 0.25) is 0 Å². The maximum Gasteiger partial charge on any atom is 0.178 e. The van der Waals surface area contributed by atoms with Crippen molar-refractivity contribution in [1.82, 2.24) is 14.5 Å². The van der Waals surface area contributed by atoms with Gasteiger partial charge >= 0.3 is 0 Å². The van der Waals surface area contributed by atoms with E-state index in [0.29, 0.717) is 11.3 Å². The van der Waals surface area contributed by atoms with Crippen LogP contribution in [0.25, 0.3) is 11.0 Å². The van der Waals surface area contributed by atoms with E-state index in [0.717, 1.165) is 20.9 Å². The fourth-order valence-corrected chi connectivity index (χ4v) is 2.97. The number of halogens is 1. The maximum absolute atomic E-state index is 13.3. The highest BCUT2D eigenvalue weighted by molar-refractivity contribution is 7.71. The number of imidazole rings is 1. The molecule has 3 aromatic rings. The van der Waals surface area contributed by atoms with E-state index in [9.17, 15) is 4.39 Å². The summed E-state index contributed by atoms with van der Waals surface area (Å²) in [4.78, 5) is 8.39. The summed E-state index contributed by atoms with van der Waals surface area (Å²) in [6.07, 6.45) is 1.83. The molecule has 0 amide bonds. The predicted molar refractivity (Wildman–Crippen MR) is 73.0 cm³/mol. The van der Waals surface area contributed by atoms with E-state index in [2.05, 4.69) is 9.97 Å². The lowest BCUT2D eigenvalue weighted by Crippen LogP contribution is -1.97. The molecule has 92 valence electrons. The Hall–Kier alpha value is -1.53. The van der Waals surface area contributed by atoms with Crippen LogP contribution in [-0.4, -0.2) is 14.5 Å². The van der Waals surface area contributed by atoms with Crippen LogP contribution < -0.4 is 0 Å². The van der Waals surface area contributed by atoms with E-state index >= 15 is 0 Å². The molecule has 2 aromatic heterocycles. The number of aromatic amines is 1. The lowest BCUT2D eigenvalue weighted by Gasteiger charge is -2.01. The van der Waals surface area contributed by atoms with E-state index in [1.807, 2.05) is 17.7 Å². The lowest BCUT2D eigenvalue weighted by molar-refractivity contribution is 0.628. The molecule has 3 rings (SSSR count). The molecule has 6 heteroatoms. The highest BCUT2D eigenvalue weighted by Crippen LogP contribution is 2.19. The second-order valence-electron chi connectivity index (χ2n) is 4.02. The first kappa shape index (κ1) is 11.6. The first-order chi connectivity index (χ1) is 8.63. The van der Waals surface area contributed by atoms with Crippen LogP contribution in [0, 0.1) is 17.5 Å². The number of rotatable bonds is 2. The standard InChI is InChI=1S/C12H10FN3S2/c1-7-14-5-9(18-7)6-16-11-4-8(13)2-3-10(11)15-12(16)17/h2-5H,6H2,1H3,(H,15,17). The summed E-state index contributed by atoms with van der Waals surface area (Å²) in [6, 6.07) is 4.62. The van der Waals surface area contributed by atoms with Crippen molar-refractivity contribution < 1.29 is 4.39 Å². The summed E-state index contributed by atoms with van der Waals surface area (Å²) in [5.74, 6) is -0.259. The minimum absolute atomic E-state index is 0.259. The van der Waals surface area contributed by atoms with Gasteiger partial charge in [-0.3, -0.25) is 0 Å². The number of hydrogen-bond acceptors (Lipinski definition) is 3. The predicted octanol–water partition coefficient (Wildman–Crippen LogP) is 3.65. The van der Waals surface area contributed by atoms with E-state index in [1.165, 1.54) is 12.1 Å². The molecule has 1 aromatic carbocycles. The molecule has 2 heterocycles. The van der Waals surface area contributed by atoms with Gasteiger partial charge in [-0.2, -0.15) is 0 Å². The Bertz CT molecular complexity index is 769. The summed E-state index contributed by atoms with van der Waals surface area (Å²) in [7, 11) is 0. The van der Waals surface area contributed by atoms with Crippen LogP contribution in [0.15, 0.2) is 24.4 Å². The van der Waals surface area contributed by atoms with Crippen LogP contribution in [-0.2, 0) is 6.54 Å². The van der Waals surface area contributed by atoms with Gasteiger partial charge in [0.2, 0.25) is 0 Å². The summed E-state index contributed by atoms with van der Waals surface area (Å²) in [5.41, 5.74) is 1.63. The first-order valence-electron chi connectivity index (χ1n) is 5.43. The number of H-pyrrole nitrogens is 1. The molecular formula is C12H10FN3S2. The van der Waals surface area contributed by atoms with Gasteiger partial charge in [0.25, 0.3) is 0 Å². The van der Waals surface area contributed by atoms with Gasteiger partial charge in [-0.25, -0.2) is 9.37 Å². The molecule has 0 bridgehead atoms. The quantitative estimate of drug-likeness (QED) is 0.726. The van der Waals surface area contributed by atoms with Crippen molar-refractivity contribution in [1.29, 1.82) is 0 Å². The summed E-state index contributed by atoms with van der Waals surface area (Å²) >= 11 is 6.89. The Balaban J connectivity index is 2.13. The molecule has 0 atom stereocenters. The van der Waals surface area contributed by atoms with Crippen LogP contribution in [0.4, 0.5) is 4.39 Å². The van der Waals surface area contributed by atoms with Crippen LogP contribution in [0.1, 0.15) is 9.88 Å². The van der Waals surface area contributed by atoms with Crippen LogP contribution in [0.3, 0.4) is 0 Å². The van der Waals surface area contributed by atoms with Gasteiger partial charge in [0.05, 0.1) is 22.6 Å². The zero-order valence-corrected chi connectivity index (χ0v) is 11.2. The third kappa shape index (κ3) is 1.97. The molecular weight excluding hydrogens is 269 g/mol. The maximum atomic E-state index is 13.3. The van der Waals surface area contributed by atoms with Crippen molar-refractivity contribution in [3.8, 4) is 0 Å². The molecule has 0 unspecified atom stereocenters. The first-order valence-corrected chi connectivity index (χ1v) is 6.65. The van der Waals surface area contributed by atoms with Crippen molar-refractivity contribution >= 4 is 34.6 Å². The molecule has 1 N–H and O–H groups in total. The Kier molecular flexibility index (Phi) is 2.76. The van der Waals surface area contributed by atoms with Gasteiger partial charge in [0.15, 0.2) is 4.77 Å². The van der Waals surface area contributed by atoms with E-state index in [4.69, 9.17) is 12.2 Å². The van der Waals surface area contributed by atoms with Crippen LogP contribution in [0.5, 0.6) is 0 Å². The fraction of sp³-hybridized carbons (Fsp3) is 0.167. The summed E-state index contributed by atoms with van der Waals surface area (Å²) in [6.45, 7) is 2.58. The Morgan fingerprint density at radius 1 is 1.50 bits per heavy atom. The average Bonchev–Trinajstić information content (AvgIpc) is 2.86. The largest absolute Gasteiger partial charge is 0.331 e. The molecule has 0 aliphatic rings. The van der Waals surface area contributed by atoms with Crippen molar-refractivity contribution in [2.75, 3.05) is 0 Å². The second-order valence-corrected chi connectivity index (χ2v) is 5.73. The lowest BCUT2D eigenvalue weighted by atomic mass is 10.3. The topological polar surface area (TPSA) is 33.6 Å². The molecule has 0 spiro atoms. The SMILES string of the molecule is Cc1ncc(Cn2c(=S)[nH]c3ccc(F)cc32)s1. The Morgan fingerprint density at radius 2 is 2.33 bits per heavy atom. The Labute approximate surface area is 112 Å². The zero-order valence-electron chi connectivity index (χ0n) is 9.61. The van der Waals surface area contributed by atoms with Crippen molar-refractivity contribution in [3.63, 3.8) is 0 Å². The van der Waals surface area contributed by atoms with Crippen molar-refractivity contribution in [2.45, 2.75) is 13.5 Å². The minimum atomic E-state index is -0.259. The number of nitrogens with zero attached hydrogens (tertiary/aromatic N) is 2. The Morgan fingerprint density at radius 3 is 3.06 bits per heavy atom. The fourth-order valence-electron chi connectivity index (χ4n) is 1.92. The molecule has 18 heavy (non-hydrogen) atoms. The summed E-state index contributed by atoms with van der Waals surface area (Å²) < 4.78 is 15.8. The second kappa shape index (κ2) is 4.29.